The second-order valence-corrected chi connectivity index (χ2v) is 5.35. The lowest BCUT2D eigenvalue weighted by Crippen LogP contribution is -2.21. The molecule has 0 fully saturated rings. The molecule has 0 saturated carbocycles. The third-order valence-electron chi connectivity index (χ3n) is 3.32. The van der Waals surface area contributed by atoms with Gasteiger partial charge in [0.1, 0.15) is 5.75 Å². The summed E-state index contributed by atoms with van der Waals surface area (Å²) in [5.74, 6) is 0.941. The molecule has 4 heteroatoms. The van der Waals surface area contributed by atoms with Crippen molar-refractivity contribution in [1.29, 1.82) is 0 Å². The van der Waals surface area contributed by atoms with Gasteiger partial charge in [0.15, 0.2) is 0 Å². The van der Waals surface area contributed by atoms with Crippen LogP contribution in [0.1, 0.15) is 30.0 Å². The van der Waals surface area contributed by atoms with Crippen molar-refractivity contribution in [1.82, 2.24) is 0 Å². The molecule has 3 nitrogen and oxygen atoms in total. The van der Waals surface area contributed by atoms with Gasteiger partial charge >= 0.3 is 0 Å². The van der Waals surface area contributed by atoms with E-state index in [1.165, 1.54) is 0 Å². The zero-order chi connectivity index (χ0) is 14.4. The highest BCUT2D eigenvalue weighted by Crippen LogP contribution is 2.34. The van der Waals surface area contributed by atoms with Crippen LogP contribution >= 0.6 is 11.6 Å². The van der Waals surface area contributed by atoms with E-state index in [4.69, 9.17) is 22.1 Å². The Bertz CT molecular complexity index is 417. The SMILES string of the molecule is CCCOc1c(C)cc(Cl)c(C)c1CC(CN)CO. The van der Waals surface area contributed by atoms with Gasteiger partial charge in [0.2, 0.25) is 0 Å². The molecule has 0 heterocycles. The molecule has 1 rings (SSSR count). The average molecular weight is 286 g/mol. The predicted octanol–water partition coefficient (Wildman–Crippen LogP) is 2.86. The number of nitrogens with two attached hydrogens (primary N) is 1. The van der Waals surface area contributed by atoms with Crippen LogP contribution in [0.5, 0.6) is 5.75 Å². The van der Waals surface area contributed by atoms with Gasteiger partial charge in [-0.05, 0) is 61.9 Å². The van der Waals surface area contributed by atoms with Crippen molar-refractivity contribution in [2.75, 3.05) is 19.8 Å². The molecule has 1 aromatic carbocycles. The Morgan fingerprint density at radius 1 is 1.42 bits per heavy atom. The van der Waals surface area contributed by atoms with Crippen LogP contribution in [-0.4, -0.2) is 24.9 Å². The summed E-state index contributed by atoms with van der Waals surface area (Å²) in [6.07, 6.45) is 1.65. The van der Waals surface area contributed by atoms with Crippen LogP contribution in [0.15, 0.2) is 6.07 Å². The minimum atomic E-state index is 0.0422. The van der Waals surface area contributed by atoms with Crippen molar-refractivity contribution >= 4 is 11.6 Å². The first-order valence-corrected chi connectivity index (χ1v) is 7.15. The molecule has 0 saturated heterocycles. The zero-order valence-electron chi connectivity index (χ0n) is 12.0. The molecule has 1 aromatic rings. The molecule has 3 N–H and O–H groups in total. The smallest absolute Gasteiger partial charge is 0.125 e. The largest absolute Gasteiger partial charge is 0.493 e. The maximum atomic E-state index is 9.33. The standard InChI is InChI=1S/C15H24ClNO2/c1-4-5-19-15-10(2)6-14(16)11(3)13(15)7-12(8-17)9-18/h6,12,18H,4-5,7-9,17H2,1-3H3. The average Bonchev–Trinajstić information content (AvgIpc) is 2.40. The van der Waals surface area contributed by atoms with E-state index in [1.54, 1.807) is 0 Å². The number of aryl methyl sites for hydroxylation is 1. The molecule has 1 unspecified atom stereocenters. The van der Waals surface area contributed by atoms with Crippen molar-refractivity contribution in [2.45, 2.75) is 33.6 Å². The fraction of sp³-hybridized carbons (Fsp3) is 0.600. The molecule has 0 aromatic heterocycles. The topological polar surface area (TPSA) is 55.5 Å². The fourth-order valence-electron chi connectivity index (χ4n) is 2.08. The Hall–Kier alpha value is -0.770. The van der Waals surface area contributed by atoms with Gasteiger partial charge in [-0.2, -0.15) is 0 Å². The lowest BCUT2D eigenvalue weighted by molar-refractivity contribution is 0.227. The van der Waals surface area contributed by atoms with Gasteiger partial charge in [0, 0.05) is 11.6 Å². The van der Waals surface area contributed by atoms with Crippen molar-refractivity contribution in [2.24, 2.45) is 11.7 Å². The maximum Gasteiger partial charge on any atom is 0.125 e. The van der Waals surface area contributed by atoms with Crippen LogP contribution in [0.25, 0.3) is 0 Å². The van der Waals surface area contributed by atoms with Crippen LogP contribution in [0.3, 0.4) is 0 Å². The monoisotopic (exact) mass is 285 g/mol. The molecular formula is C15H24ClNO2. The highest BCUT2D eigenvalue weighted by molar-refractivity contribution is 6.31. The van der Waals surface area contributed by atoms with Gasteiger partial charge < -0.3 is 15.6 Å². The van der Waals surface area contributed by atoms with E-state index in [1.807, 2.05) is 19.9 Å². The second kappa shape index (κ2) is 7.73. The summed E-state index contributed by atoms with van der Waals surface area (Å²) in [6.45, 7) is 7.27. The number of ether oxygens (including phenoxy) is 1. The fourth-order valence-corrected chi connectivity index (χ4v) is 2.36. The lowest BCUT2D eigenvalue weighted by atomic mass is 9.94. The van der Waals surface area contributed by atoms with Crippen LogP contribution in [0.4, 0.5) is 0 Å². The summed E-state index contributed by atoms with van der Waals surface area (Å²) in [6, 6.07) is 1.93. The van der Waals surface area contributed by atoms with Crippen LogP contribution in [0.2, 0.25) is 5.02 Å². The molecule has 0 aliphatic rings. The first kappa shape index (κ1) is 16.3. The second-order valence-electron chi connectivity index (χ2n) is 4.94. The van der Waals surface area contributed by atoms with E-state index < -0.39 is 0 Å². The van der Waals surface area contributed by atoms with E-state index in [-0.39, 0.29) is 12.5 Å². The number of aliphatic hydroxyl groups excluding tert-OH is 1. The molecule has 0 aliphatic heterocycles. The Morgan fingerprint density at radius 2 is 2.11 bits per heavy atom. The van der Waals surface area contributed by atoms with E-state index in [9.17, 15) is 5.11 Å². The number of hydrogen-bond acceptors (Lipinski definition) is 3. The van der Waals surface area contributed by atoms with E-state index in [2.05, 4.69) is 6.92 Å². The first-order chi connectivity index (χ1) is 9.04. The van der Waals surface area contributed by atoms with Crippen LogP contribution < -0.4 is 10.5 Å². The van der Waals surface area contributed by atoms with Gasteiger partial charge in [0.05, 0.1) is 6.61 Å². The van der Waals surface area contributed by atoms with Gasteiger partial charge in [-0.1, -0.05) is 18.5 Å². The zero-order valence-corrected chi connectivity index (χ0v) is 12.8. The Balaban J connectivity index is 3.15. The van der Waals surface area contributed by atoms with Gasteiger partial charge in [-0.15, -0.1) is 0 Å². The molecular weight excluding hydrogens is 262 g/mol. The number of aliphatic hydroxyl groups is 1. The van der Waals surface area contributed by atoms with E-state index >= 15 is 0 Å². The highest BCUT2D eigenvalue weighted by atomic mass is 35.5. The number of benzene rings is 1. The quantitative estimate of drug-likeness (QED) is 0.810. The minimum absolute atomic E-state index is 0.0422. The van der Waals surface area contributed by atoms with Crippen LogP contribution in [-0.2, 0) is 6.42 Å². The van der Waals surface area contributed by atoms with Crippen molar-refractivity contribution in [3.8, 4) is 5.75 Å². The number of hydrogen-bond donors (Lipinski definition) is 2. The van der Waals surface area contributed by atoms with E-state index in [0.29, 0.717) is 19.6 Å². The molecule has 19 heavy (non-hydrogen) atoms. The summed E-state index contributed by atoms with van der Waals surface area (Å²) in [5, 5.41) is 10.1. The molecule has 0 amide bonds. The summed E-state index contributed by atoms with van der Waals surface area (Å²) >= 11 is 6.25. The van der Waals surface area contributed by atoms with Crippen molar-refractivity contribution < 1.29 is 9.84 Å². The molecule has 0 spiro atoms. The Kier molecular flexibility index (Phi) is 6.63. The van der Waals surface area contributed by atoms with Gasteiger partial charge in [-0.3, -0.25) is 0 Å². The number of rotatable bonds is 7. The Labute approximate surface area is 120 Å². The highest BCUT2D eigenvalue weighted by Gasteiger charge is 2.17. The lowest BCUT2D eigenvalue weighted by Gasteiger charge is -2.20. The minimum Gasteiger partial charge on any atom is -0.493 e. The molecule has 108 valence electrons. The summed E-state index contributed by atoms with van der Waals surface area (Å²) in [4.78, 5) is 0. The molecule has 0 radical (unpaired) electrons. The summed E-state index contributed by atoms with van der Waals surface area (Å²) < 4.78 is 5.86. The predicted molar refractivity (Wildman–Crippen MR) is 80.0 cm³/mol. The van der Waals surface area contributed by atoms with E-state index in [0.717, 1.165) is 33.9 Å². The third-order valence-corrected chi connectivity index (χ3v) is 3.71. The Morgan fingerprint density at radius 3 is 2.63 bits per heavy atom. The third kappa shape index (κ3) is 4.10. The summed E-state index contributed by atoms with van der Waals surface area (Å²) in [5.41, 5.74) is 8.80. The van der Waals surface area contributed by atoms with Crippen LogP contribution in [0, 0.1) is 19.8 Å². The van der Waals surface area contributed by atoms with Gasteiger partial charge in [0.25, 0.3) is 0 Å². The summed E-state index contributed by atoms with van der Waals surface area (Å²) in [7, 11) is 0. The number of halogens is 1. The van der Waals surface area contributed by atoms with Crippen molar-refractivity contribution in [3.05, 3.63) is 27.8 Å². The molecule has 0 aliphatic carbocycles. The molecule has 0 bridgehead atoms. The van der Waals surface area contributed by atoms with Gasteiger partial charge in [-0.25, -0.2) is 0 Å². The molecule has 1 atom stereocenters. The normalized spacial score (nSPS) is 12.5. The first-order valence-electron chi connectivity index (χ1n) is 6.77. The maximum absolute atomic E-state index is 9.33. The van der Waals surface area contributed by atoms with Crippen molar-refractivity contribution in [3.63, 3.8) is 0 Å².